The normalized spacial score (nSPS) is 15.8. The molecule has 0 bridgehead atoms. The van der Waals surface area contributed by atoms with Crippen LogP contribution in [0.15, 0.2) is 4.99 Å². The number of hydrogen-bond acceptors (Lipinski definition) is 3. The molecule has 0 aromatic carbocycles. The molecule has 3 nitrogen and oxygen atoms in total. The number of halogens is 1. The summed E-state index contributed by atoms with van der Waals surface area (Å²) in [6.07, 6.45) is 27.1. The van der Waals surface area contributed by atoms with Gasteiger partial charge in [0.05, 0.1) is 0 Å². The van der Waals surface area contributed by atoms with Crippen LogP contribution in [0.5, 0.6) is 0 Å². The second kappa shape index (κ2) is 21.7. The van der Waals surface area contributed by atoms with Crippen molar-refractivity contribution in [2.75, 3.05) is 6.54 Å². The van der Waals surface area contributed by atoms with Gasteiger partial charge in [-0.3, -0.25) is 0 Å². The molecule has 0 radical (unpaired) electrons. The van der Waals surface area contributed by atoms with E-state index < -0.39 is 20.6 Å². The fraction of sp³-hybridized carbons (Fsp3) is 0.964. The van der Waals surface area contributed by atoms with Crippen LogP contribution in [0.25, 0.3) is 0 Å². The Morgan fingerprint density at radius 1 is 0.625 bits per heavy atom. The summed E-state index contributed by atoms with van der Waals surface area (Å²) in [5.74, 6) is 0.747. The quantitative estimate of drug-likeness (QED) is 0.0663. The molecule has 0 amide bonds. The number of aliphatic imine (C=N–C) groups is 1. The second-order valence-corrected chi connectivity index (χ2v) is 13.0. The van der Waals surface area contributed by atoms with Gasteiger partial charge < -0.3 is 0 Å². The minimum atomic E-state index is -1.78. The van der Waals surface area contributed by atoms with Crippen molar-refractivity contribution in [3.05, 3.63) is 0 Å². The third-order valence-electron chi connectivity index (χ3n) is 6.62. The SMILES string of the molecule is CCCCCCC(CCCCCC)CN=C1OI1OC(CCCCCC)CCCCCC. The van der Waals surface area contributed by atoms with Crippen molar-refractivity contribution in [2.45, 2.75) is 162 Å². The molecular weight excluding hydrogens is 509 g/mol. The Kier molecular flexibility index (Phi) is 20.5. The van der Waals surface area contributed by atoms with E-state index in [1.54, 1.807) is 0 Å². The molecule has 1 fully saturated rings. The molecule has 0 aromatic rings. The average molecular weight is 566 g/mol. The molecule has 0 aliphatic carbocycles. The number of unbranched alkanes of at least 4 members (excludes halogenated alkanes) is 12. The molecule has 0 spiro atoms. The Hall–Kier alpha value is 0.160. The summed E-state index contributed by atoms with van der Waals surface area (Å²) >= 11 is -1.78. The summed E-state index contributed by atoms with van der Waals surface area (Å²) < 4.78 is 13.5. The van der Waals surface area contributed by atoms with Crippen LogP contribution in [-0.2, 0) is 6.13 Å². The Balaban J connectivity index is 2.41. The third-order valence-corrected chi connectivity index (χ3v) is 9.53. The van der Waals surface area contributed by atoms with E-state index in [9.17, 15) is 0 Å². The molecule has 1 heterocycles. The summed E-state index contributed by atoms with van der Waals surface area (Å²) in [5.41, 5.74) is 0. The summed E-state index contributed by atoms with van der Waals surface area (Å²) in [6.45, 7) is 10.1. The zero-order valence-electron chi connectivity index (χ0n) is 22.1. The first-order chi connectivity index (χ1) is 15.7. The molecule has 4 heteroatoms. The van der Waals surface area contributed by atoms with Gasteiger partial charge in [-0.25, -0.2) is 0 Å². The molecular formula is C28H56INO2. The fourth-order valence-electron chi connectivity index (χ4n) is 4.37. The van der Waals surface area contributed by atoms with Crippen LogP contribution in [0.4, 0.5) is 0 Å². The molecule has 192 valence electrons. The maximum atomic E-state index is 6.50. The number of hydrogen-bond donors (Lipinski definition) is 0. The van der Waals surface area contributed by atoms with Gasteiger partial charge in [-0.1, -0.05) is 0 Å². The Labute approximate surface area is 209 Å². The molecule has 0 unspecified atom stereocenters. The van der Waals surface area contributed by atoms with E-state index in [-0.39, 0.29) is 0 Å². The Bertz CT molecular complexity index is 419. The van der Waals surface area contributed by atoms with E-state index in [1.165, 1.54) is 128 Å². The first-order valence-corrected chi connectivity index (χ1v) is 17.2. The van der Waals surface area contributed by atoms with E-state index in [0.717, 1.165) is 16.4 Å². The van der Waals surface area contributed by atoms with Crippen LogP contribution >= 0.6 is 20.6 Å². The van der Waals surface area contributed by atoms with Crippen molar-refractivity contribution in [3.63, 3.8) is 0 Å². The van der Waals surface area contributed by atoms with Gasteiger partial charge in [-0.05, 0) is 0 Å². The standard InChI is InChI=1S/C28H56INO2/c1-5-9-13-17-21-26(22-18-14-10-6-2)25-30-28-29(32-28)31-27(23-19-15-11-7-3)24-20-16-12-8-4/h26-27H,5-25H2,1-4H3. The van der Waals surface area contributed by atoms with Crippen molar-refractivity contribution in [2.24, 2.45) is 10.9 Å². The molecule has 0 N–H and O–H groups in total. The Morgan fingerprint density at radius 2 is 1.06 bits per heavy atom. The van der Waals surface area contributed by atoms with Gasteiger partial charge in [0.25, 0.3) is 0 Å². The van der Waals surface area contributed by atoms with Gasteiger partial charge in [0.2, 0.25) is 0 Å². The molecule has 1 aliphatic heterocycles. The van der Waals surface area contributed by atoms with E-state index >= 15 is 0 Å². The van der Waals surface area contributed by atoms with Crippen LogP contribution in [0.3, 0.4) is 0 Å². The van der Waals surface area contributed by atoms with Crippen LogP contribution in [0, 0.1) is 5.92 Å². The second-order valence-electron chi connectivity index (χ2n) is 9.86. The monoisotopic (exact) mass is 565 g/mol. The Morgan fingerprint density at radius 3 is 1.50 bits per heavy atom. The molecule has 1 rings (SSSR count). The third kappa shape index (κ3) is 16.7. The molecule has 32 heavy (non-hydrogen) atoms. The first kappa shape index (κ1) is 30.2. The topological polar surface area (TPSA) is 34.1 Å². The van der Waals surface area contributed by atoms with E-state index in [2.05, 4.69) is 27.7 Å². The number of rotatable bonds is 24. The maximum absolute atomic E-state index is 6.50. The predicted molar refractivity (Wildman–Crippen MR) is 151 cm³/mol. The fourth-order valence-corrected chi connectivity index (χ4v) is 7.17. The van der Waals surface area contributed by atoms with Crippen LogP contribution in [0.1, 0.15) is 156 Å². The summed E-state index contributed by atoms with van der Waals surface area (Å²) in [7, 11) is 0. The van der Waals surface area contributed by atoms with Gasteiger partial charge in [0.1, 0.15) is 0 Å². The zero-order valence-corrected chi connectivity index (χ0v) is 24.3. The zero-order chi connectivity index (χ0) is 23.3. The van der Waals surface area contributed by atoms with Crippen molar-refractivity contribution < 1.29 is 6.13 Å². The summed E-state index contributed by atoms with van der Waals surface area (Å²) in [6, 6.07) is 0. The van der Waals surface area contributed by atoms with Crippen molar-refractivity contribution in [3.8, 4) is 0 Å². The predicted octanol–water partition coefficient (Wildman–Crippen LogP) is 10.6. The molecule has 0 atom stereocenters. The van der Waals surface area contributed by atoms with E-state index in [1.807, 2.05) is 0 Å². The van der Waals surface area contributed by atoms with Crippen molar-refractivity contribution >= 4 is 24.6 Å². The number of nitrogens with zero attached hydrogens (tertiary/aromatic N) is 1. The molecule has 0 aromatic heterocycles. The van der Waals surface area contributed by atoms with Gasteiger partial charge in [0.15, 0.2) is 0 Å². The molecule has 1 saturated heterocycles. The van der Waals surface area contributed by atoms with Gasteiger partial charge in [-0.15, -0.1) is 0 Å². The molecule has 1 aliphatic rings. The van der Waals surface area contributed by atoms with Crippen molar-refractivity contribution in [1.82, 2.24) is 0 Å². The first-order valence-electron chi connectivity index (χ1n) is 14.3. The summed E-state index contributed by atoms with van der Waals surface area (Å²) in [4.78, 5) is 4.93. The minimum absolute atomic E-state index is 0.417. The van der Waals surface area contributed by atoms with Crippen LogP contribution in [0.2, 0.25) is 0 Å². The average Bonchev–Trinajstić information content (AvgIpc) is 3.55. The van der Waals surface area contributed by atoms with Gasteiger partial charge in [0, 0.05) is 0 Å². The molecule has 0 saturated carbocycles. The van der Waals surface area contributed by atoms with Crippen LogP contribution < -0.4 is 0 Å². The van der Waals surface area contributed by atoms with Gasteiger partial charge in [-0.2, -0.15) is 0 Å². The van der Waals surface area contributed by atoms with Gasteiger partial charge >= 0.3 is 210 Å². The van der Waals surface area contributed by atoms with E-state index in [0.29, 0.717) is 6.10 Å². The van der Waals surface area contributed by atoms with Crippen molar-refractivity contribution in [1.29, 1.82) is 0 Å². The summed E-state index contributed by atoms with van der Waals surface area (Å²) in [5, 5.41) is 0. The van der Waals surface area contributed by atoms with E-state index in [4.69, 9.17) is 11.1 Å². The van der Waals surface area contributed by atoms with Crippen LogP contribution in [-0.4, -0.2) is 16.6 Å².